The van der Waals surface area contributed by atoms with Crippen LogP contribution < -0.4 is 16.4 Å². The molecule has 0 saturated heterocycles. The highest BCUT2D eigenvalue weighted by Crippen LogP contribution is 2.06. The molecule has 2 heterocycles. The molecular formula is C20H19N3O3. The van der Waals surface area contributed by atoms with Crippen LogP contribution in [0.15, 0.2) is 76.6 Å². The molecule has 0 atom stereocenters. The van der Waals surface area contributed by atoms with Gasteiger partial charge in [0.05, 0.1) is 6.54 Å². The molecule has 26 heavy (non-hydrogen) atoms. The molecule has 132 valence electrons. The number of hydrogen-bond donors (Lipinski definition) is 1. The molecule has 1 N–H and O–H groups in total. The number of aryl methyl sites for hydroxylation is 1. The summed E-state index contributed by atoms with van der Waals surface area (Å²) in [6.07, 6.45) is 3.32. The first-order chi connectivity index (χ1) is 12.5. The van der Waals surface area contributed by atoms with Crippen molar-refractivity contribution in [2.45, 2.75) is 13.1 Å². The lowest BCUT2D eigenvalue weighted by Gasteiger charge is -2.08. The molecule has 6 nitrogen and oxygen atoms in total. The van der Waals surface area contributed by atoms with Crippen molar-refractivity contribution in [2.24, 2.45) is 7.05 Å². The van der Waals surface area contributed by atoms with Crippen molar-refractivity contribution in [3.8, 4) is 0 Å². The number of benzene rings is 1. The predicted molar refractivity (Wildman–Crippen MR) is 99.1 cm³/mol. The minimum Gasteiger partial charge on any atom is -0.348 e. The minimum absolute atomic E-state index is 0.0437. The number of nitrogens with one attached hydrogen (secondary N) is 1. The fourth-order valence-electron chi connectivity index (χ4n) is 2.52. The summed E-state index contributed by atoms with van der Waals surface area (Å²) in [6.45, 7) is 0.860. The van der Waals surface area contributed by atoms with Crippen molar-refractivity contribution >= 4 is 5.91 Å². The summed E-state index contributed by atoms with van der Waals surface area (Å²) in [5, 5.41) is 2.80. The van der Waals surface area contributed by atoms with E-state index in [1.807, 2.05) is 30.3 Å². The molecule has 0 aliphatic rings. The first kappa shape index (κ1) is 17.4. The molecule has 3 aromatic rings. The SMILES string of the molecule is Cn1ccc(C(=O)NCc2ccc(Cn3ccccc3=O)cc2)cc1=O. The van der Waals surface area contributed by atoms with Crippen LogP contribution in [-0.4, -0.2) is 15.0 Å². The molecular weight excluding hydrogens is 330 g/mol. The van der Waals surface area contributed by atoms with Gasteiger partial charge in [0.1, 0.15) is 0 Å². The Hall–Kier alpha value is -3.41. The summed E-state index contributed by atoms with van der Waals surface area (Å²) in [7, 11) is 1.63. The highest BCUT2D eigenvalue weighted by molar-refractivity contribution is 5.93. The smallest absolute Gasteiger partial charge is 0.251 e. The second kappa shape index (κ2) is 7.65. The van der Waals surface area contributed by atoms with E-state index in [1.54, 1.807) is 36.1 Å². The average Bonchev–Trinajstić information content (AvgIpc) is 2.65. The van der Waals surface area contributed by atoms with Gasteiger partial charge in [0.25, 0.3) is 17.0 Å². The van der Waals surface area contributed by atoms with Crippen molar-refractivity contribution in [3.63, 3.8) is 0 Å². The molecule has 0 unspecified atom stereocenters. The number of rotatable bonds is 5. The fourth-order valence-corrected chi connectivity index (χ4v) is 2.52. The molecule has 0 aliphatic heterocycles. The van der Waals surface area contributed by atoms with Gasteiger partial charge in [0.15, 0.2) is 0 Å². The van der Waals surface area contributed by atoms with E-state index in [0.717, 1.165) is 11.1 Å². The van der Waals surface area contributed by atoms with Gasteiger partial charge in [0.2, 0.25) is 0 Å². The molecule has 0 saturated carbocycles. The Kier molecular flexibility index (Phi) is 5.12. The van der Waals surface area contributed by atoms with E-state index >= 15 is 0 Å². The van der Waals surface area contributed by atoms with Gasteiger partial charge in [0, 0.05) is 43.7 Å². The van der Waals surface area contributed by atoms with Crippen LogP contribution in [0.1, 0.15) is 21.5 Å². The zero-order valence-electron chi connectivity index (χ0n) is 14.4. The molecule has 0 aliphatic carbocycles. The van der Waals surface area contributed by atoms with Crippen LogP contribution in [0, 0.1) is 0 Å². The molecule has 1 amide bonds. The molecule has 0 radical (unpaired) electrons. The maximum Gasteiger partial charge on any atom is 0.251 e. The normalized spacial score (nSPS) is 10.5. The Labute approximate surface area is 150 Å². The van der Waals surface area contributed by atoms with Crippen LogP contribution in [0.3, 0.4) is 0 Å². The minimum atomic E-state index is -0.289. The van der Waals surface area contributed by atoms with Crippen molar-refractivity contribution < 1.29 is 4.79 Å². The maximum atomic E-state index is 12.1. The van der Waals surface area contributed by atoms with E-state index < -0.39 is 0 Å². The predicted octanol–water partition coefficient (Wildman–Crippen LogP) is 1.53. The summed E-state index contributed by atoms with van der Waals surface area (Å²) < 4.78 is 3.04. The number of carbonyl (C=O) groups excluding carboxylic acids is 1. The summed E-state index contributed by atoms with van der Waals surface area (Å²) in [5.41, 5.74) is 2.01. The maximum absolute atomic E-state index is 12.1. The van der Waals surface area contributed by atoms with E-state index in [9.17, 15) is 14.4 Å². The van der Waals surface area contributed by atoms with Gasteiger partial charge in [-0.25, -0.2) is 0 Å². The Morgan fingerprint density at radius 2 is 1.65 bits per heavy atom. The quantitative estimate of drug-likeness (QED) is 0.759. The highest BCUT2D eigenvalue weighted by atomic mass is 16.2. The first-order valence-corrected chi connectivity index (χ1v) is 8.21. The van der Waals surface area contributed by atoms with Crippen LogP contribution in [0.5, 0.6) is 0 Å². The van der Waals surface area contributed by atoms with Gasteiger partial charge >= 0.3 is 0 Å². The van der Waals surface area contributed by atoms with E-state index in [-0.39, 0.29) is 17.0 Å². The van der Waals surface area contributed by atoms with Crippen molar-refractivity contribution in [2.75, 3.05) is 0 Å². The van der Waals surface area contributed by atoms with Crippen molar-refractivity contribution in [3.05, 3.63) is 104 Å². The number of carbonyl (C=O) groups is 1. The number of pyridine rings is 2. The molecule has 1 aromatic carbocycles. The van der Waals surface area contributed by atoms with Crippen molar-refractivity contribution in [1.82, 2.24) is 14.5 Å². The first-order valence-electron chi connectivity index (χ1n) is 8.21. The van der Waals surface area contributed by atoms with Crippen molar-refractivity contribution in [1.29, 1.82) is 0 Å². The van der Waals surface area contributed by atoms with E-state index in [4.69, 9.17) is 0 Å². The number of aromatic nitrogens is 2. The molecule has 0 spiro atoms. The summed E-state index contributed by atoms with van der Waals surface area (Å²) in [5.74, 6) is -0.289. The lowest BCUT2D eigenvalue weighted by atomic mass is 10.1. The zero-order valence-corrected chi connectivity index (χ0v) is 14.4. The Morgan fingerprint density at radius 1 is 0.923 bits per heavy atom. The van der Waals surface area contributed by atoms with E-state index in [1.165, 1.54) is 16.7 Å². The molecule has 2 aromatic heterocycles. The second-order valence-electron chi connectivity index (χ2n) is 6.03. The number of amides is 1. The van der Waals surface area contributed by atoms with Crippen LogP contribution >= 0.6 is 0 Å². The fraction of sp³-hybridized carbons (Fsp3) is 0.150. The number of hydrogen-bond acceptors (Lipinski definition) is 3. The summed E-state index contributed by atoms with van der Waals surface area (Å²) in [4.78, 5) is 35.5. The van der Waals surface area contributed by atoms with E-state index in [0.29, 0.717) is 18.7 Å². The van der Waals surface area contributed by atoms with Crippen LogP contribution in [0.2, 0.25) is 0 Å². The number of nitrogens with zero attached hydrogens (tertiary/aromatic N) is 2. The summed E-state index contributed by atoms with van der Waals surface area (Å²) >= 11 is 0. The van der Waals surface area contributed by atoms with Crippen LogP contribution in [-0.2, 0) is 20.1 Å². The van der Waals surface area contributed by atoms with Gasteiger partial charge in [-0.1, -0.05) is 30.3 Å². The highest BCUT2D eigenvalue weighted by Gasteiger charge is 2.06. The summed E-state index contributed by atoms with van der Waals surface area (Å²) in [6, 6.07) is 15.7. The Morgan fingerprint density at radius 3 is 2.35 bits per heavy atom. The van der Waals surface area contributed by atoms with Crippen LogP contribution in [0.25, 0.3) is 0 Å². The third-order valence-electron chi connectivity index (χ3n) is 4.09. The van der Waals surface area contributed by atoms with Gasteiger partial charge in [-0.15, -0.1) is 0 Å². The lowest BCUT2D eigenvalue weighted by molar-refractivity contribution is 0.0950. The topological polar surface area (TPSA) is 73.1 Å². The third kappa shape index (κ3) is 4.16. The van der Waals surface area contributed by atoms with E-state index in [2.05, 4.69) is 5.32 Å². The molecule has 0 fully saturated rings. The van der Waals surface area contributed by atoms with Gasteiger partial charge in [-0.2, -0.15) is 0 Å². The molecule has 6 heteroatoms. The molecule has 0 bridgehead atoms. The van der Waals surface area contributed by atoms with Gasteiger partial charge in [-0.3, -0.25) is 14.4 Å². The van der Waals surface area contributed by atoms with Crippen LogP contribution in [0.4, 0.5) is 0 Å². The molecule has 3 rings (SSSR count). The largest absolute Gasteiger partial charge is 0.348 e. The average molecular weight is 349 g/mol. The Balaban J connectivity index is 1.61. The lowest BCUT2D eigenvalue weighted by Crippen LogP contribution is -2.25. The second-order valence-corrected chi connectivity index (χ2v) is 6.03. The third-order valence-corrected chi connectivity index (χ3v) is 4.09. The van der Waals surface area contributed by atoms with Gasteiger partial charge in [-0.05, 0) is 23.3 Å². The van der Waals surface area contributed by atoms with Gasteiger partial charge < -0.3 is 14.5 Å². The standard InChI is InChI=1S/C20H19N3O3/c1-22-11-9-17(12-19(22)25)20(26)21-13-15-5-7-16(8-6-15)14-23-10-3-2-4-18(23)24/h2-12H,13-14H2,1H3,(H,21,26). The Bertz CT molecular complexity index is 1030. The monoisotopic (exact) mass is 349 g/mol. The zero-order chi connectivity index (χ0) is 18.5.